The monoisotopic (exact) mass is 379 g/mol. The molecule has 2 saturated heterocycles. The van der Waals surface area contributed by atoms with Crippen molar-refractivity contribution in [3.05, 3.63) is 0 Å². The molecule has 4 amide bonds. The molecule has 2 aliphatic heterocycles. The Labute approximate surface area is 159 Å². The largest absolute Gasteiger partial charge is 0.481 e. The minimum atomic E-state index is -0.930. The van der Waals surface area contributed by atoms with E-state index in [0.717, 1.165) is 11.3 Å². The van der Waals surface area contributed by atoms with E-state index in [2.05, 4.69) is 26.1 Å². The van der Waals surface area contributed by atoms with Crippen LogP contribution in [0.25, 0.3) is 0 Å². The van der Waals surface area contributed by atoms with Crippen LogP contribution in [0.4, 0.5) is 4.79 Å². The maximum absolute atomic E-state index is 13.1. The summed E-state index contributed by atoms with van der Waals surface area (Å²) in [4.78, 5) is 51.9. The number of amides is 4. The lowest BCUT2D eigenvalue weighted by Gasteiger charge is -2.43. The lowest BCUT2D eigenvalue weighted by Crippen LogP contribution is -2.54. The van der Waals surface area contributed by atoms with Crippen LogP contribution in [0.2, 0.25) is 0 Å². The molecule has 2 heterocycles. The van der Waals surface area contributed by atoms with E-state index in [9.17, 15) is 24.3 Å². The molecular weight excluding hydrogens is 350 g/mol. The van der Waals surface area contributed by atoms with Gasteiger partial charge in [0.25, 0.3) is 5.91 Å². The van der Waals surface area contributed by atoms with Crippen molar-refractivity contribution in [2.24, 2.45) is 23.2 Å². The molecule has 150 valence electrons. The maximum atomic E-state index is 13.1. The van der Waals surface area contributed by atoms with E-state index in [1.54, 1.807) is 6.92 Å². The van der Waals surface area contributed by atoms with Crippen molar-refractivity contribution >= 4 is 23.8 Å². The number of imide groups is 1. The fraction of sp³-hybridized carbons (Fsp3) is 0.789. The lowest BCUT2D eigenvalue weighted by molar-refractivity contribution is -0.143. The molecule has 0 radical (unpaired) electrons. The standard InChI is InChI=1S/C19H29N3O5/c1-11-5-18(3,4)10-19(6-11)16(26)22(17(27)20-19)9-14(23)21-7-12(2)13(8-21)15(24)25/h11-13H,5-10H2,1-4H3,(H,20,27)(H,24,25)/t11?,12-,13-,19?/m1/s1. The normalized spacial score (nSPS) is 35.6. The van der Waals surface area contributed by atoms with Crippen molar-refractivity contribution in [1.82, 2.24) is 15.1 Å². The number of carbonyl (C=O) groups excluding carboxylic acids is 3. The van der Waals surface area contributed by atoms with E-state index in [1.165, 1.54) is 4.90 Å². The molecule has 3 fully saturated rings. The van der Waals surface area contributed by atoms with Crippen LogP contribution >= 0.6 is 0 Å². The van der Waals surface area contributed by atoms with E-state index >= 15 is 0 Å². The Hall–Kier alpha value is -2.12. The van der Waals surface area contributed by atoms with Crippen LogP contribution in [0.1, 0.15) is 47.0 Å². The van der Waals surface area contributed by atoms with Crippen LogP contribution < -0.4 is 5.32 Å². The first-order chi connectivity index (χ1) is 12.4. The van der Waals surface area contributed by atoms with Crippen LogP contribution in [0, 0.1) is 23.2 Å². The van der Waals surface area contributed by atoms with Gasteiger partial charge in [0.1, 0.15) is 12.1 Å². The average molecular weight is 379 g/mol. The highest BCUT2D eigenvalue weighted by Gasteiger charge is 2.56. The number of likely N-dealkylation sites (tertiary alicyclic amines) is 1. The molecule has 3 rings (SSSR count). The molecule has 2 unspecified atom stereocenters. The van der Waals surface area contributed by atoms with E-state index in [0.29, 0.717) is 25.3 Å². The summed E-state index contributed by atoms with van der Waals surface area (Å²) in [6.07, 6.45) is 2.12. The van der Waals surface area contributed by atoms with Gasteiger partial charge in [-0.1, -0.05) is 27.7 Å². The van der Waals surface area contributed by atoms with E-state index in [-0.39, 0.29) is 36.2 Å². The Morgan fingerprint density at radius 2 is 1.85 bits per heavy atom. The minimum absolute atomic E-state index is 0.0697. The first-order valence-electron chi connectivity index (χ1n) is 9.59. The third-order valence-electron chi connectivity index (χ3n) is 6.20. The Bertz CT molecular complexity index is 691. The fourth-order valence-electron chi connectivity index (χ4n) is 5.38. The summed E-state index contributed by atoms with van der Waals surface area (Å²) in [5.41, 5.74) is -1.000. The van der Waals surface area contributed by atoms with E-state index < -0.39 is 23.5 Å². The van der Waals surface area contributed by atoms with Crippen molar-refractivity contribution in [3.63, 3.8) is 0 Å². The molecule has 4 atom stereocenters. The third-order valence-corrected chi connectivity index (χ3v) is 6.20. The maximum Gasteiger partial charge on any atom is 0.325 e. The molecule has 0 aromatic rings. The molecule has 8 heteroatoms. The zero-order valence-corrected chi connectivity index (χ0v) is 16.4. The van der Waals surface area contributed by atoms with Crippen LogP contribution in [0.15, 0.2) is 0 Å². The molecule has 2 N–H and O–H groups in total. The molecule has 1 spiro atoms. The Kier molecular flexibility index (Phi) is 4.72. The number of nitrogens with one attached hydrogen (secondary N) is 1. The zero-order chi connectivity index (χ0) is 20.1. The summed E-state index contributed by atoms with van der Waals surface area (Å²) < 4.78 is 0. The molecule has 1 aliphatic carbocycles. The quantitative estimate of drug-likeness (QED) is 0.719. The number of carboxylic acids is 1. The summed E-state index contributed by atoms with van der Waals surface area (Å²) in [7, 11) is 0. The van der Waals surface area contributed by atoms with Crippen molar-refractivity contribution < 1.29 is 24.3 Å². The average Bonchev–Trinajstić information content (AvgIpc) is 2.99. The number of carbonyl (C=O) groups is 4. The second kappa shape index (κ2) is 6.49. The SMILES string of the molecule is CC1CC(C)(C)CC2(C1)NC(=O)N(CC(=O)N1C[C@@H](C)[C@H](C(=O)O)C1)C2=O. The number of hydrogen-bond acceptors (Lipinski definition) is 4. The van der Waals surface area contributed by atoms with Gasteiger partial charge in [-0.15, -0.1) is 0 Å². The second-order valence-electron chi connectivity index (χ2n) is 9.48. The smallest absolute Gasteiger partial charge is 0.325 e. The molecule has 3 aliphatic rings. The highest BCUT2D eigenvalue weighted by Crippen LogP contribution is 2.46. The Morgan fingerprint density at radius 3 is 2.41 bits per heavy atom. The Morgan fingerprint density at radius 1 is 1.19 bits per heavy atom. The summed E-state index contributed by atoms with van der Waals surface area (Å²) in [6, 6.07) is -0.528. The van der Waals surface area contributed by atoms with Gasteiger partial charge in [-0.2, -0.15) is 0 Å². The summed E-state index contributed by atoms with van der Waals surface area (Å²) >= 11 is 0. The number of urea groups is 1. The van der Waals surface area contributed by atoms with Gasteiger partial charge in [-0.3, -0.25) is 19.3 Å². The van der Waals surface area contributed by atoms with Crippen LogP contribution in [-0.4, -0.2) is 63.9 Å². The summed E-state index contributed by atoms with van der Waals surface area (Å²) in [5, 5.41) is 12.1. The number of hydrogen-bond donors (Lipinski definition) is 2. The molecule has 0 aromatic carbocycles. The van der Waals surface area contributed by atoms with Gasteiger partial charge < -0.3 is 15.3 Å². The van der Waals surface area contributed by atoms with Crippen molar-refractivity contribution in [2.75, 3.05) is 19.6 Å². The highest BCUT2D eigenvalue weighted by molar-refractivity contribution is 6.09. The highest BCUT2D eigenvalue weighted by atomic mass is 16.4. The van der Waals surface area contributed by atoms with Crippen LogP contribution in [0.5, 0.6) is 0 Å². The third kappa shape index (κ3) is 3.53. The number of aliphatic carboxylic acids is 1. The Balaban J connectivity index is 1.71. The fourth-order valence-corrected chi connectivity index (χ4v) is 5.38. The summed E-state index contributed by atoms with van der Waals surface area (Å²) in [6.45, 7) is 8.17. The van der Waals surface area contributed by atoms with Gasteiger partial charge in [0.15, 0.2) is 0 Å². The lowest BCUT2D eigenvalue weighted by atomic mass is 9.64. The first kappa shape index (κ1) is 19.6. The van der Waals surface area contributed by atoms with Gasteiger partial charge in [-0.05, 0) is 36.5 Å². The van der Waals surface area contributed by atoms with Crippen LogP contribution in [-0.2, 0) is 14.4 Å². The van der Waals surface area contributed by atoms with Crippen LogP contribution in [0.3, 0.4) is 0 Å². The first-order valence-corrected chi connectivity index (χ1v) is 9.59. The molecular formula is C19H29N3O5. The molecule has 0 bridgehead atoms. The molecule has 0 aromatic heterocycles. The topological polar surface area (TPSA) is 107 Å². The van der Waals surface area contributed by atoms with E-state index in [1.807, 2.05) is 0 Å². The second-order valence-corrected chi connectivity index (χ2v) is 9.48. The minimum Gasteiger partial charge on any atom is -0.481 e. The van der Waals surface area contributed by atoms with Gasteiger partial charge in [-0.25, -0.2) is 4.79 Å². The predicted molar refractivity (Wildman–Crippen MR) is 96.6 cm³/mol. The van der Waals surface area contributed by atoms with E-state index in [4.69, 9.17) is 0 Å². The van der Waals surface area contributed by atoms with Crippen molar-refractivity contribution in [2.45, 2.75) is 52.5 Å². The summed E-state index contributed by atoms with van der Waals surface area (Å²) in [5.74, 6) is -2.10. The number of nitrogens with zero attached hydrogens (tertiary/aromatic N) is 2. The molecule has 8 nitrogen and oxygen atoms in total. The molecule has 27 heavy (non-hydrogen) atoms. The van der Waals surface area contributed by atoms with Gasteiger partial charge in [0.2, 0.25) is 5.91 Å². The van der Waals surface area contributed by atoms with Crippen molar-refractivity contribution in [1.29, 1.82) is 0 Å². The zero-order valence-electron chi connectivity index (χ0n) is 16.4. The van der Waals surface area contributed by atoms with Crippen molar-refractivity contribution in [3.8, 4) is 0 Å². The number of rotatable bonds is 3. The number of carboxylic acid groups (broad SMARTS) is 1. The van der Waals surface area contributed by atoms with Gasteiger partial charge >= 0.3 is 12.0 Å². The molecule has 1 saturated carbocycles. The van der Waals surface area contributed by atoms with Gasteiger partial charge in [0.05, 0.1) is 5.92 Å². The van der Waals surface area contributed by atoms with Gasteiger partial charge in [0, 0.05) is 13.1 Å². The predicted octanol–water partition coefficient (Wildman–Crippen LogP) is 1.30.